The van der Waals surface area contributed by atoms with Gasteiger partial charge in [0.05, 0.1) is 0 Å². The molecule has 1 amide bonds. The second-order valence-electron chi connectivity index (χ2n) is 4.53. The number of unbranched alkanes of at least 4 members (excludes halogenated alkanes) is 2. The molecule has 0 heterocycles. The molecule has 4 nitrogen and oxygen atoms in total. The number of amides is 1. The molecule has 15 heavy (non-hydrogen) atoms. The molecular formula is C11H22N2O2. The van der Waals surface area contributed by atoms with E-state index < -0.39 is 0 Å². The molecule has 0 bridgehead atoms. The zero-order valence-electron chi connectivity index (χ0n) is 9.30. The Morgan fingerprint density at radius 3 is 2.60 bits per heavy atom. The van der Waals surface area contributed by atoms with Gasteiger partial charge in [0, 0.05) is 25.1 Å². The SMILES string of the molecule is NC1(CC(=O)NCCCCCO)CCC1. The molecule has 0 aromatic rings. The summed E-state index contributed by atoms with van der Waals surface area (Å²) >= 11 is 0. The van der Waals surface area contributed by atoms with Crippen LogP contribution in [0.4, 0.5) is 0 Å². The summed E-state index contributed by atoms with van der Waals surface area (Å²) in [5.74, 6) is 0.0706. The highest BCUT2D eigenvalue weighted by Gasteiger charge is 2.34. The van der Waals surface area contributed by atoms with Crippen molar-refractivity contribution in [3.8, 4) is 0 Å². The first-order valence-corrected chi connectivity index (χ1v) is 5.83. The monoisotopic (exact) mass is 214 g/mol. The van der Waals surface area contributed by atoms with E-state index in [1.165, 1.54) is 0 Å². The maximum absolute atomic E-state index is 11.4. The standard InChI is InChI=1S/C11H22N2O2/c12-11(5-4-6-11)9-10(15)13-7-2-1-3-8-14/h14H,1-9,12H2,(H,13,15). The van der Waals surface area contributed by atoms with Gasteiger partial charge < -0.3 is 16.2 Å². The van der Waals surface area contributed by atoms with E-state index in [1.807, 2.05) is 0 Å². The minimum absolute atomic E-state index is 0.0706. The summed E-state index contributed by atoms with van der Waals surface area (Å²) in [5.41, 5.74) is 5.75. The average Bonchev–Trinajstić information content (AvgIpc) is 2.15. The van der Waals surface area contributed by atoms with Gasteiger partial charge in [-0.05, 0) is 38.5 Å². The fraction of sp³-hybridized carbons (Fsp3) is 0.909. The first-order chi connectivity index (χ1) is 7.16. The average molecular weight is 214 g/mol. The lowest BCUT2D eigenvalue weighted by Crippen LogP contribution is -2.50. The summed E-state index contributed by atoms with van der Waals surface area (Å²) in [6.07, 6.45) is 6.29. The van der Waals surface area contributed by atoms with Crippen LogP contribution in [0.3, 0.4) is 0 Å². The van der Waals surface area contributed by atoms with Gasteiger partial charge in [-0.1, -0.05) is 0 Å². The van der Waals surface area contributed by atoms with Crippen molar-refractivity contribution in [1.82, 2.24) is 5.32 Å². The highest BCUT2D eigenvalue weighted by molar-refractivity contribution is 5.77. The van der Waals surface area contributed by atoms with Gasteiger partial charge in [-0.2, -0.15) is 0 Å². The van der Waals surface area contributed by atoms with E-state index in [0.717, 1.165) is 38.5 Å². The Kier molecular flexibility index (Phi) is 5.05. The highest BCUT2D eigenvalue weighted by atomic mass is 16.2. The van der Waals surface area contributed by atoms with Crippen LogP contribution in [0.2, 0.25) is 0 Å². The zero-order valence-corrected chi connectivity index (χ0v) is 9.30. The number of hydrogen-bond donors (Lipinski definition) is 3. The third-order valence-electron chi connectivity index (χ3n) is 3.02. The predicted molar refractivity (Wildman–Crippen MR) is 59.3 cm³/mol. The zero-order chi connectivity index (χ0) is 11.1. The smallest absolute Gasteiger partial charge is 0.221 e. The number of carbonyl (C=O) groups is 1. The van der Waals surface area contributed by atoms with E-state index in [4.69, 9.17) is 10.8 Å². The van der Waals surface area contributed by atoms with Gasteiger partial charge in [0.2, 0.25) is 5.91 Å². The van der Waals surface area contributed by atoms with Crippen molar-refractivity contribution in [1.29, 1.82) is 0 Å². The molecule has 0 aromatic carbocycles. The molecule has 0 radical (unpaired) electrons. The summed E-state index contributed by atoms with van der Waals surface area (Å²) in [5, 5.41) is 11.4. The number of aliphatic hydroxyl groups excluding tert-OH is 1. The van der Waals surface area contributed by atoms with Crippen LogP contribution in [-0.4, -0.2) is 29.7 Å². The second kappa shape index (κ2) is 6.08. The van der Waals surface area contributed by atoms with Crippen molar-refractivity contribution >= 4 is 5.91 Å². The Morgan fingerprint density at radius 1 is 1.33 bits per heavy atom. The first-order valence-electron chi connectivity index (χ1n) is 5.83. The van der Waals surface area contributed by atoms with Crippen molar-refractivity contribution in [2.75, 3.05) is 13.2 Å². The molecule has 1 rings (SSSR count). The third-order valence-corrected chi connectivity index (χ3v) is 3.02. The molecule has 0 atom stereocenters. The topological polar surface area (TPSA) is 75.4 Å². The Morgan fingerprint density at radius 2 is 2.07 bits per heavy atom. The van der Waals surface area contributed by atoms with Gasteiger partial charge in [0.25, 0.3) is 0 Å². The maximum atomic E-state index is 11.4. The van der Waals surface area contributed by atoms with E-state index >= 15 is 0 Å². The third kappa shape index (κ3) is 4.62. The van der Waals surface area contributed by atoms with Crippen LogP contribution in [0.15, 0.2) is 0 Å². The van der Waals surface area contributed by atoms with Gasteiger partial charge in [-0.25, -0.2) is 0 Å². The molecule has 0 aliphatic heterocycles. The van der Waals surface area contributed by atoms with Crippen LogP contribution in [0.1, 0.15) is 44.9 Å². The van der Waals surface area contributed by atoms with Gasteiger partial charge >= 0.3 is 0 Å². The Labute approximate surface area is 91.2 Å². The Bertz CT molecular complexity index is 203. The lowest BCUT2D eigenvalue weighted by atomic mass is 9.75. The molecule has 0 spiro atoms. The van der Waals surface area contributed by atoms with Crippen molar-refractivity contribution in [3.63, 3.8) is 0 Å². The molecule has 88 valence electrons. The number of nitrogens with one attached hydrogen (secondary N) is 1. The fourth-order valence-electron chi connectivity index (χ4n) is 1.83. The summed E-state index contributed by atoms with van der Waals surface area (Å²) in [7, 11) is 0. The lowest BCUT2D eigenvalue weighted by Gasteiger charge is -2.37. The van der Waals surface area contributed by atoms with Gasteiger partial charge in [-0.3, -0.25) is 4.79 Å². The molecule has 1 saturated carbocycles. The van der Waals surface area contributed by atoms with Crippen LogP contribution in [0, 0.1) is 0 Å². The summed E-state index contributed by atoms with van der Waals surface area (Å²) in [4.78, 5) is 11.4. The number of hydrogen-bond acceptors (Lipinski definition) is 3. The molecule has 0 unspecified atom stereocenters. The number of nitrogens with two attached hydrogens (primary N) is 1. The van der Waals surface area contributed by atoms with Crippen molar-refractivity contribution < 1.29 is 9.90 Å². The van der Waals surface area contributed by atoms with Crippen LogP contribution < -0.4 is 11.1 Å². The summed E-state index contributed by atoms with van der Waals surface area (Å²) in [6.45, 7) is 0.939. The Balaban J connectivity index is 1.98. The summed E-state index contributed by atoms with van der Waals surface area (Å²) in [6, 6.07) is 0. The van der Waals surface area contributed by atoms with Gasteiger partial charge in [0.1, 0.15) is 0 Å². The molecule has 4 heteroatoms. The molecular weight excluding hydrogens is 192 g/mol. The van der Waals surface area contributed by atoms with Crippen LogP contribution in [0.25, 0.3) is 0 Å². The van der Waals surface area contributed by atoms with Crippen LogP contribution in [-0.2, 0) is 4.79 Å². The molecule has 1 aliphatic rings. The molecule has 1 fully saturated rings. The van der Waals surface area contributed by atoms with E-state index in [0.29, 0.717) is 13.0 Å². The summed E-state index contributed by atoms with van der Waals surface area (Å²) < 4.78 is 0. The van der Waals surface area contributed by atoms with Crippen LogP contribution in [0.5, 0.6) is 0 Å². The maximum Gasteiger partial charge on any atom is 0.221 e. The normalized spacial score (nSPS) is 18.3. The van der Waals surface area contributed by atoms with E-state index in [2.05, 4.69) is 5.32 Å². The largest absolute Gasteiger partial charge is 0.396 e. The molecule has 4 N–H and O–H groups in total. The number of aliphatic hydroxyl groups is 1. The number of carbonyl (C=O) groups excluding carboxylic acids is 1. The van der Waals surface area contributed by atoms with Crippen molar-refractivity contribution in [3.05, 3.63) is 0 Å². The van der Waals surface area contributed by atoms with Gasteiger partial charge in [-0.15, -0.1) is 0 Å². The predicted octanol–water partition coefficient (Wildman–Crippen LogP) is 0.537. The lowest BCUT2D eigenvalue weighted by molar-refractivity contribution is -0.123. The molecule has 0 saturated heterocycles. The first kappa shape index (κ1) is 12.5. The Hall–Kier alpha value is -0.610. The van der Waals surface area contributed by atoms with Crippen molar-refractivity contribution in [2.45, 2.75) is 50.5 Å². The highest BCUT2D eigenvalue weighted by Crippen LogP contribution is 2.31. The van der Waals surface area contributed by atoms with E-state index in [1.54, 1.807) is 0 Å². The molecule has 0 aromatic heterocycles. The van der Waals surface area contributed by atoms with Crippen molar-refractivity contribution in [2.24, 2.45) is 5.73 Å². The van der Waals surface area contributed by atoms with E-state index in [9.17, 15) is 4.79 Å². The second-order valence-corrected chi connectivity index (χ2v) is 4.53. The quantitative estimate of drug-likeness (QED) is 0.541. The number of rotatable bonds is 7. The fourth-order valence-corrected chi connectivity index (χ4v) is 1.83. The van der Waals surface area contributed by atoms with E-state index in [-0.39, 0.29) is 18.1 Å². The minimum atomic E-state index is -0.213. The molecule has 1 aliphatic carbocycles. The van der Waals surface area contributed by atoms with Crippen LogP contribution >= 0.6 is 0 Å². The minimum Gasteiger partial charge on any atom is -0.396 e. The van der Waals surface area contributed by atoms with Gasteiger partial charge in [0.15, 0.2) is 0 Å².